The molecule has 0 spiro atoms. The molecule has 3 aromatic rings. The van der Waals surface area contributed by atoms with E-state index in [4.69, 9.17) is 28.9 Å². The Hall–Kier alpha value is -1.78. The van der Waals surface area contributed by atoms with Crippen molar-refractivity contribution >= 4 is 34.5 Å². The van der Waals surface area contributed by atoms with Gasteiger partial charge in [-0.15, -0.1) is 10.2 Å². The van der Waals surface area contributed by atoms with Gasteiger partial charge in [-0.05, 0) is 24.3 Å². The molecule has 0 fully saturated rings. The fourth-order valence-electron chi connectivity index (χ4n) is 1.90. The summed E-state index contributed by atoms with van der Waals surface area (Å²) in [6.45, 7) is 0. The third-order valence-electron chi connectivity index (χ3n) is 2.66. The van der Waals surface area contributed by atoms with Crippen LogP contribution in [0.3, 0.4) is 0 Å². The number of hydrogen-bond donors (Lipinski definition) is 1. The van der Waals surface area contributed by atoms with E-state index in [2.05, 4.69) is 10.2 Å². The maximum absolute atomic E-state index is 6.21. The molecule has 0 aliphatic rings. The van der Waals surface area contributed by atoms with Gasteiger partial charge in [-0.1, -0.05) is 23.2 Å². The van der Waals surface area contributed by atoms with Crippen LogP contribution >= 0.6 is 23.2 Å². The SMILES string of the molecule is Nc1cc(Cl)c(-c2cccn3cnnc23)c(Cl)c1. The van der Waals surface area contributed by atoms with Crippen molar-refractivity contribution < 1.29 is 0 Å². The van der Waals surface area contributed by atoms with Crippen molar-refractivity contribution in [3.63, 3.8) is 0 Å². The lowest BCUT2D eigenvalue weighted by Gasteiger charge is -2.09. The number of benzene rings is 1. The number of nitrogens with two attached hydrogens (primary N) is 1. The molecule has 0 bridgehead atoms. The molecule has 90 valence electrons. The fraction of sp³-hybridized carbons (Fsp3) is 0. The zero-order valence-corrected chi connectivity index (χ0v) is 10.7. The number of pyridine rings is 1. The maximum atomic E-state index is 6.21. The van der Waals surface area contributed by atoms with Crippen LogP contribution in [0, 0.1) is 0 Å². The first-order valence-electron chi connectivity index (χ1n) is 5.20. The molecule has 2 aromatic heterocycles. The molecule has 2 N–H and O–H groups in total. The minimum atomic E-state index is 0.496. The largest absolute Gasteiger partial charge is 0.399 e. The Morgan fingerprint density at radius 1 is 1.17 bits per heavy atom. The quantitative estimate of drug-likeness (QED) is 0.695. The molecule has 0 aliphatic carbocycles. The second kappa shape index (κ2) is 4.15. The Bertz CT molecular complexity index is 713. The molecular formula is C12H8Cl2N4. The lowest BCUT2D eigenvalue weighted by molar-refractivity contribution is 1.10. The summed E-state index contributed by atoms with van der Waals surface area (Å²) in [6, 6.07) is 7.12. The van der Waals surface area contributed by atoms with Gasteiger partial charge in [-0.2, -0.15) is 0 Å². The maximum Gasteiger partial charge on any atom is 0.168 e. The lowest BCUT2D eigenvalue weighted by atomic mass is 10.1. The second-order valence-corrected chi connectivity index (χ2v) is 4.66. The highest BCUT2D eigenvalue weighted by molar-refractivity contribution is 6.40. The van der Waals surface area contributed by atoms with Crippen molar-refractivity contribution in [2.24, 2.45) is 0 Å². The monoisotopic (exact) mass is 278 g/mol. The summed E-state index contributed by atoms with van der Waals surface area (Å²) in [5, 5.41) is 8.92. The molecule has 0 saturated heterocycles. The number of anilines is 1. The molecule has 0 saturated carbocycles. The van der Waals surface area contributed by atoms with Crippen LogP contribution in [0.15, 0.2) is 36.8 Å². The van der Waals surface area contributed by atoms with Crippen LogP contribution in [0.5, 0.6) is 0 Å². The predicted molar refractivity (Wildman–Crippen MR) is 72.9 cm³/mol. The van der Waals surface area contributed by atoms with Crippen molar-refractivity contribution in [2.45, 2.75) is 0 Å². The number of nitrogens with zero attached hydrogens (tertiary/aromatic N) is 3. The van der Waals surface area contributed by atoms with Gasteiger partial charge in [-0.3, -0.25) is 4.40 Å². The molecule has 1 aromatic carbocycles. The Kier molecular flexibility index (Phi) is 2.61. The molecule has 6 heteroatoms. The molecule has 4 nitrogen and oxygen atoms in total. The Labute approximate surface area is 113 Å². The minimum absolute atomic E-state index is 0.496. The van der Waals surface area contributed by atoms with E-state index in [1.54, 1.807) is 22.9 Å². The summed E-state index contributed by atoms with van der Waals surface area (Å²) < 4.78 is 1.80. The summed E-state index contributed by atoms with van der Waals surface area (Å²) in [5.41, 5.74) is 8.46. The molecule has 0 amide bonds. The number of rotatable bonds is 1. The van der Waals surface area contributed by atoms with Crippen LogP contribution in [-0.2, 0) is 0 Å². The molecule has 0 atom stereocenters. The van der Waals surface area contributed by atoms with E-state index < -0.39 is 0 Å². The summed E-state index contributed by atoms with van der Waals surface area (Å²) in [4.78, 5) is 0. The van der Waals surface area contributed by atoms with Gasteiger partial charge in [0.1, 0.15) is 6.33 Å². The van der Waals surface area contributed by atoms with E-state index in [0.29, 0.717) is 26.9 Å². The van der Waals surface area contributed by atoms with Crippen LogP contribution in [0.2, 0.25) is 10.0 Å². The van der Waals surface area contributed by atoms with Gasteiger partial charge in [0.05, 0.1) is 10.0 Å². The first-order chi connectivity index (χ1) is 8.66. The zero-order chi connectivity index (χ0) is 12.7. The zero-order valence-electron chi connectivity index (χ0n) is 9.14. The highest BCUT2D eigenvalue weighted by Gasteiger charge is 2.14. The van der Waals surface area contributed by atoms with Crippen molar-refractivity contribution in [1.29, 1.82) is 0 Å². The number of nitrogen functional groups attached to an aromatic ring is 1. The van der Waals surface area contributed by atoms with E-state index in [-0.39, 0.29) is 0 Å². The summed E-state index contributed by atoms with van der Waals surface area (Å²) in [7, 11) is 0. The normalized spacial score (nSPS) is 11.0. The van der Waals surface area contributed by atoms with Gasteiger partial charge < -0.3 is 5.73 Å². The van der Waals surface area contributed by atoms with E-state index in [9.17, 15) is 0 Å². The highest BCUT2D eigenvalue weighted by Crippen LogP contribution is 2.37. The minimum Gasteiger partial charge on any atom is -0.399 e. The van der Waals surface area contributed by atoms with Crippen molar-refractivity contribution in [1.82, 2.24) is 14.6 Å². The van der Waals surface area contributed by atoms with Gasteiger partial charge in [0.15, 0.2) is 5.65 Å². The number of fused-ring (bicyclic) bond motifs is 1. The Morgan fingerprint density at radius 2 is 1.89 bits per heavy atom. The van der Waals surface area contributed by atoms with E-state index in [1.807, 2.05) is 18.3 Å². The third-order valence-corrected chi connectivity index (χ3v) is 3.25. The van der Waals surface area contributed by atoms with Crippen LogP contribution in [-0.4, -0.2) is 14.6 Å². The summed E-state index contributed by atoms with van der Waals surface area (Å²) in [5.74, 6) is 0. The molecule has 2 heterocycles. The molecule has 18 heavy (non-hydrogen) atoms. The Balaban J connectivity index is 2.36. The fourth-order valence-corrected chi connectivity index (χ4v) is 2.60. The average Bonchev–Trinajstić information content (AvgIpc) is 2.76. The summed E-state index contributed by atoms with van der Waals surface area (Å²) in [6.07, 6.45) is 3.48. The molecular weight excluding hydrogens is 271 g/mol. The number of hydrogen-bond acceptors (Lipinski definition) is 3. The van der Waals surface area contributed by atoms with Gasteiger partial charge in [-0.25, -0.2) is 0 Å². The topological polar surface area (TPSA) is 56.2 Å². The van der Waals surface area contributed by atoms with Gasteiger partial charge in [0, 0.05) is 23.0 Å². The van der Waals surface area contributed by atoms with Crippen molar-refractivity contribution in [3.05, 3.63) is 46.8 Å². The molecule has 0 aliphatic heterocycles. The van der Waals surface area contributed by atoms with Crippen LogP contribution < -0.4 is 5.73 Å². The molecule has 3 rings (SSSR count). The third kappa shape index (κ3) is 1.70. The lowest BCUT2D eigenvalue weighted by Crippen LogP contribution is -1.91. The van der Waals surface area contributed by atoms with Gasteiger partial charge in [0.2, 0.25) is 0 Å². The van der Waals surface area contributed by atoms with Gasteiger partial charge >= 0.3 is 0 Å². The number of aromatic nitrogens is 3. The molecule has 0 unspecified atom stereocenters. The van der Waals surface area contributed by atoms with E-state index in [0.717, 1.165) is 5.56 Å². The molecule has 0 radical (unpaired) electrons. The van der Waals surface area contributed by atoms with Gasteiger partial charge in [0.25, 0.3) is 0 Å². The first-order valence-corrected chi connectivity index (χ1v) is 5.95. The van der Waals surface area contributed by atoms with Crippen LogP contribution in [0.1, 0.15) is 0 Å². The van der Waals surface area contributed by atoms with Crippen molar-refractivity contribution in [3.8, 4) is 11.1 Å². The summed E-state index contributed by atoms with van der Waals surface area (Å²) >= 11 is 12.4. The number of halogens is 2. The van der Waals surface area contributed by atoms with Crippen LogP contribution in [0.4, 0.5) is 5.69 Å². The van der Waals surface area contributed by atoms with E-state index >= 15 is 0 Å². The highest BCUT2D eigenvalue weighted by atomic mass is 35.5. The van der Waals surface area contributed by atoms with Crippen molar-refractivity contribution in [2.75, 3.05) is 5.73 Å². The predicted octanol–water partition coefficient (Wildman–Crippen LogP) is 3.29. The Morgan fingerprint density at radius 3 is 2.61 bits per heavy atom. The smallest absolute Gasteiger partial charge is 0.168 e. The standard InChI is InChI=1S/C12H8Cl2N4/c13-9-4-7(15)5-10(14)11(9)8-2-1-3-18-6-16-17-12(8)18/h1-6H,15H2. The average molecular weight is 279 g/mol. The van der Waals surface area contributed by atoms with Crippen LogP contribution in [0.25, 0.3) is 16.8 Å². The second-order valence-electron chi connectivity index (χ2n) is 3.84. The first kappa shape index (κ1) is 11.3. The van der Waals surface area contributed by atoms with E-state index in [1.165, 1.54) is 0 Å².